The summed E-state index contributed by atoms with van der Waals surface area (Å²) in [6, 6.07) is 5.88. The molecule has 1 unspecified atom stereocenters. The zero-order valence-corrected chi connectivity index (χ0v) is 13.4. The summed E-state index contributed by atoms with van der Waals surface area (Å²) in [7, 11) is 2.19. The topological polar surface area (TPSA) is 45.2 Å². The minimum atomic E-state index is 0.733. The van der Waals surface area contributed by atoms with Crippen molar-refractivity contribution in [3.8, 4) is 10.7 Å². The van der Waals surface area contributed by atoms with E-state index in [1.165, 1.54) is 13.0 Å². The molecule has 0 aromatic carbocycles. The monoisotopic (exact) mass is 303 g/mol. The number of pyridine rings is 1. The molecule has 1 saturated heterocycles. The van der Waals surface area contributed by atoms with Gasteiger partial charge in [-0.3, -0.25) is 4.98 Å². The van der Waals surface area contributed by atoms with Crippen LogP contribution in [0.15, 0.2) is 24.4 Å². The fourth-order valence-corrected chi connectivity index (χ4v) is 3.52. The van der Waals surface area contributed by atoms with Crippen LogP contribution in [-0.4, -0.2) is 53.3 Å². The maximum atomic E-state index is 4.35. The molecule has 6 heteroatoms. The summed E-state index contributed by atoms with van der Waals surface area (Å²) in [4.78, 5) is 9.08. The van der Waals surface area contributed by atoms with Crippen LogP contribution in [-0.2, 0) is 0 Å². The van der Waals surface area contributed by atoms with Gasteiger partial charge in [-0.25, -0.2) is 0 Å². The van der Waals surface area contributed by atoms with E-state index in [2.05, 4.69) is 39.0 Å². The number of anilines is 1. The van der Waals surface area contributed by atoms with Crippen LogP contribution in [0, 0.1) is 5.92 Å². The van der Waals surface area contributed by atoms with Gasteiger partial charge in [0.15, 0.2) is 5.01 Å². The Hall–Kier alpha value is -1.53. The highest BCUT2D eigenvalue weighted by molar-refractivity contribution is 7.18. The molecule has 21 heavy (non-hydrogen) atoms. The van der Waals surface area contributed by atoms with Gasteiger partial charge in [-0.05, 0) is 38.1 Å². The van der Waals surface area contributed by atoms with Gasteiger partial charge in [0.05, 0.1) is 0 Å². The second kappa shape index (κ2) is 6.49. The van der Waals surface area contributed by atoms with E-state index in [9.17, 15) is 0 Å². The summed E-state index contributed by atoms with van der Waals surface area (Å²) >= 11 is 1.64. The van der Waals surface area contributed by atoms with E-state index >= 15 is 0 Å². The van der Waals surface area contributed by atoms with Crippen molar-refractivity contribution in [3.05, 3.63) is 24.4 Å². The Kier molecular flexibility index (Phi) is 4.45. The quantitative estimate of drug-likeness (QED) is 0.848. The molecule has 0 amide bonds. The molecule has 112 valence electrons. The van der Waals surface area contributed by atoms with Gasteiger partial charge in [-0.2, -0.15) is 0 Å². The Bertz CT molecular complexity index is 570. The average molecular weight is 303 g/mol. The van der Waals surface area contributed by atoms with Crippen molar-refractivity contribution in [2.45, 2.75) is 13.3 Å². The molecular weight excluding hydrogens is 282 g/mol. The normalized spacial score (nSPS) is 18.6. The Morgan fingerprint density at radius 1 is 1.38 bits per heavy atom. The number of hydrogen-bond acceptors (Lipinski definition) is 6. The minimum absolute atomic E-state index is 0.733. The van der Waals surface area contributed by atoms with E-state index in [1.54, 1.807) is 17.5 Å². The number of aromatic nitrogens is 3. The second-order valence-electron chi connectivity index (χ2n) is 5.56. The molecule has 0 saturated carbocycles. The molecule has 0 aliphatic carbocycles. The lowest BCUT2D eigenvalue weighted by molar-refractivity contribution is 0.300. The predicted molar refractivity (Wildman–Crippen MR) is 86.6 cm³/mol. The number of nitrogens with zero attached hydrogens (tertiary/aromatic N) is 5. The molecule has 3 rings (SSSR count). The predicted octanol–water partition coefficient (Wildman–Crippen LogP) is 2.38. The van der Waals surface area contributed by atoms with E-state index in [0.29, 0.717) is 0 Å². The molecule has 2 aromatic heterocycles. The molecule has 0 spiro atoms. The van der Waals surface area contributed by atoms with Crippen molar-refractivity contribution in [1.82, 2.24) is 20.1 Å². The van der Waals surface area contributed by atoms with Crippen molar-refractivity contribution in [1.29, 1.82) is 0 Å². The molecule has 1 aliphatic rings. The van der Waals surface area contributed by atoms with Crippen LogP contribution in [0.2, 0.25) is 0 Å². The number of hydrogen-bond donors (Lipinski definition) is 0. The zero-order chi connectivity index (χ0) is 14.7. The first kappa shape index (κ1) is 14.4. The van der Waals surface area contributed by atoms with E-state index in [1.807, 2.05) is 18.2 Å². The van der Waals surface area contributed by atoms with Crippen molar-refractivity contribution in [2.75, 3.05) is 38.1 Å². The summed E-state index contributed by atoms with van der Waals surface area (Å²) < 4.78 is 0. The van der Waals surface area contributed by atoms with Crippen molar-refractivity contribution in [3.63, 3.8) is 0 Å². The van der Waals surface area contributed by atoms with Crippen molar-refractivity contribution < 1.29 is 0 Å². The molecule has 1 aliphatic heterocycles. The standard InChI is InChI=1S/C15H21N5S/c1-3-19(2)10-12-7-9-20(11-12)15-18-17-14(21-15)13-6-4-5-8-16-13/h4-6,8,12H,3,7,9-11H2,1-2H3. The van der Waals surface area contributed by atoms with Crippen LogP contribution in [0.25, 0.3) is 10.7 Å². The molecular formula is C15H21N5S. The zero-order valence-electron chi connectivity index (χ0n) is 12.6. The largest absolute Gasteiger partial charge is 0.346 e. The molecule has 3 heterocycles. The Balaban J connectivity index is 1.65. The van der Waals surface area contributed by atoms with Crippen LogP contribution < -0.4 is 4.90 Å². The lowest BCUT2D eigenvalue weighted by Gasteiger charge is -2.19. The lowest BCUT2D eigenvalue weighted by Crippen LogP contribution is -2.28. The lowest BCUT2D eigenvalue weighted by atomic mass is 10.1. The van der Waals surface area contributed by atoms with Gasteiger partial charge in [0.2, 0.25) is 5.13 Å². The van der Waals surface area contributed by atoms with Gasteiger partial charge in [0.25, 0.3) is 0 Å². The van der Waals surface area contributed by atoms with E-state index in [4.69, 9.17) is 0 Å². The molecule has 5 nitrogen and oxygen atoms in total. The summed E-state index contributed by atoms with van der Waals surface area (Å²) in [5.41, 5.74) is 0.905. The second-order valence-corrected chi connectivity index (χ2v) is 6.52. The summed E-state index contributed by atoms with van der Waals surface area (Å²) in [5, 5.41) is 10.6. The Morgan fingerprint density at radius 2 is 2.29 bits per heavy atom. The molecule has 0 radical (unpaired) electrons. The van der Waals surface area contributed by atoms with E-state index in [-0.39, 0.29) is 0 Å². The van der Waals surface area contributed by atoms with Crippen LogP contribution in [0.3, 0.4) is 0 Å². The highest BCUT2D eigenvalue weighted by Gasteiger charge is 2.26. The third-order valence-electron chi connectivity index (χ3n) is 3.96. The maximum absolute atomic E-state index is 4.35. The summed E-state index contributed by atoms with van der Waals surface area (Å²) in [6.07, 6.45) is 3.03. The van der Waals surface area contributed by atoms with Gasteiger partial charge < -0.3 is 9.80 Å². The van der Waals surface area contributed by atoms with Crippen LogP contribution in [0.1, 0.15) is 13.3 Å². The first-order chi connectivity index (χ1) is 10.3. The summed E-state index contributed by atoms with van der Waals surface area (Å²) in [6.45, 7) is 6.65. The molecule has 2 aromatic rings. The average Bonchev–Trinajstić information content (AvgIpc) is 3.17. The fraction of sp³-hybridized carbons (Fsp3) is 0.533. The molecule has 0 N–H and O–H groups in total. The smallest absolute Gasteiger partial charge is 0.208 e. The third-order valence-corrected chi connectivity index (χ3v) is 4.97. The van der Waals surface area contributed by atoms with Gasteiger partial charge >= 0.3 is 0 Å². The highest BCUT2D eigenvalue weighted by atomic mass is 32.1. The molecule has 0 bridgehead atoms. The van der Waals surface area contributed by atoms with E-state index < -0.39 is 0 Å². The third kappa shape index (κ3) is 3.39. The Labute approximate surface area is 129 Å². The molecule has 1 fully saturated rings. The fourth-order valence-electron chi connectivity index (χ4n) is 2.66. The SMILES string of the molecule is CCN(C)CC1CCN(c2nnc(-c3ccccn3)s2)C1. The number of rotatable bonds is 5. The summed E-state index contributed by atoms with van der Waals surface area (Å²) in [5.74, 6) is 0.733. The van der Waals surface area contributed by atoms with Crippen LogP contribution in [0.5, 0.6) is 0 Å². The first-order valence-electron chi connectivity index (χ1n) is 7.44. The van der Waals surface area contributed by atoms with E-state index in [0.717, 1.165) is 41.4 Å². The van der Waals surface area contributed by atoms with Gasteiger partial charge in [-0.1, -0.05) is 24.3 Å². The van der Waals surface area contributed by atoms with Crippen molar-refractivity contribution in [2.24, 2.45) is 5.92 Å². The molecule has 1 atom stereocenters. The maximum Gasteiger partial charge on any atom is 0.208 e. The van der Waals surface area contributed by atoms with Gasteiger partial charge in [0.1, 0.15) is 5.69 Å². The van der Waals surface area contributed by atoms with Crippen LogP contribution in [0.4, 0.5) is 5.13 Å². The minimum Gasteiger partial charge on any atom is -0.346 e. The first-order valence-corrected chi connectivity index (χ1v) is 8.26. The van der Waals surface area contributed by atoms with Crippen molar-refractivity contribution >= 4 is 16.5 Å². The highest BCUT2D eigenvalue weighted by Crippen LogP contribution is 2.30. The van der Waals surface area contributed by atoms with Crippen LogP contribution >= 0.6 is 11.3 Å². The van der Waals surface area contributed by atoms with Gasteiger partial charge in [-0.15, -0.1) is 10.2 Å². The van der Waals surface area contributed by atoms with Gasteiger partial charge in [0, 0.05) is 25.8 Å². The Morgan fingerprint density at radius 3 is 3.05 bits per heavy atom.